The van der Waals surface area contributed by atoms with Crippen molar-refractivity contribution in [1.29, 1.82) is 0 Å². The van der Waals surface area contributed by atoms with Gasteiger partial charge < -0.3 is 9.47 Å². The molecule has 120 valence electrons. The van der Waals surface area contributed by atoms with Gasteiger partial charge in [-0.1, -0.05) is 35.9 Å². The van der Waals surface area contributed by atoms with E-state index in [0.29, 0.717) is 0 Å². The molecule has 1 aliphatic rings. The summed E-state index contributed by atoms with van der Waals surface area (Å²) in [6, 6.07) is 16.6. The first kappa shape index (κ1) is 15.6. The standard InChI is InChI=1S/C20H23NO2/c1-22-19-7-3-16(4-8-19)13-18-11-12-21(15-18)14-17-5-9-20(23-2)10-6-17/h3-10,13H,11-12,14-15H2,1-2H3/b18-13+. The lowest BCUT2D eigenvalue weighted by Gasteiger charge is -2.14. The zero-order chi connectivity index (χ0) is 16.1. The highest BCUT2D eigenvalue weighted by atomic mass is 16.5. The lowest BCUT2D eigenvalue weighted by molar-refractivity contribution is 0.337. The Bertz CT molecular complexity index is 659. The third-order valence-corrected chi connectivity index (χ3v) is 4.23. The lowest BCUT2D eigenvalue weighted by atomic mass is 10.1. The van der Waals surface area contributed by atoms with E-state index in [-0.39, 0.29) is 0 Å². The van der Waals surface area contributed by atoms with Gasteiger partial charge in [0.2, 0.25) is 0 Å². The van der Waals surface area contributed by atoms with Crippen molar-refractivity contribution in [3.05, 3.63) is 65.2 Å². The number of benzene rings is 2. The highest BCUT2D eigenvalue weighted by Crippen LogP contribution is 2.22. The zero-order valence-electron chi connectivity index (χ0n) is 13.8. The van der Waals surface area contributed by atoms with E-state index >= 15 is 0 Å². The SMILES string of the molecule is COc1ccc(/C=C2\CCN(Cc3ccc(OC)cc3)C2)cc1. The van der Waals surface area contributed by atoms with Crippen LogP contribution < -0.4 is 9.47 Å². The first-order valence-electron chi connectivity index (χ1n) is 7.95. The molecule has 0 amide bonds. The highest BCUT2D eigenvalue weighted by molar-refractivity contribution is 5.55. The van der Waals surface area contributed by atoms with Crippen LogP contribution in [0.15, 0.2) is 54.1 Å². The summed E-state index contributed by atoms with van der Waals surface area (Å²) in [6.07, 6.45) is 3.44. The molecule has 3 nitrogen and oxygen atoms in total. The predicted molar refractivity (Wildman–Crippen MR) is 93.9 cm³/mol. The third-order valence-electron chi connectivity index (χ3n) is 4.23. The molecule has 1 heterocycles. The lowest BCUT2D eigenvalue weighted by Crippen LogP contribution is -2.18. The van der Waals surface area contributed by atoms with E-state index in [0.717, 1.165) is 37.6 Å². The molecule has 0 aliphatic carbocycles. The van der Waals surface area contributed by atoms with Gasteiger partial charge in [-0.2, -0.15) is 0 Å². The Kier molecular flexibility index (Phi) is 4.99. The van der Waals surface area contributed by atoms with Crippen molar-refractivity contribution in [3.63, 3.8) is 0 Å². The van der Waals surface area contributed by atoms with E-state index in [4.69, 9.17) is 9.47 Å². The maximum atomic E-state index is 5.21. The topological polar surface area (TPSA) is 21.7 Å². The third kappa shape index (κ3) is 4.14. The van der Waals surface area contributed by atoms with Crippen LogP contribution in [0.5, 0.6) is 11.5 Å². The van der Waals surface area contributed by atoms with Gasteiger partial charge in [-0.3, -0.25) is 4.90 Å². The molecule has 0 N–H and O–H groups in total. The van der Waals surface area contributed by atoms with Crippen molar-refractivity contribution in [2.75, 3.05) is 27.3 Å². The molecule has 3 rings (SSSR count). The Labute approximate surface area is 138 Å². The zero-order valence-corrected chi connectivity index (χ0v) is 13.8. The van der Waals surface area contributed by atoms with E-state index in [9.17, 15) is 0 Å². The summed E-state index contributed by atoms with van der Waals surface area (Å²) in [4.78, 5) is 2.48. The molecule has 3 heteroatoms. The van der Waals surface area contributed by atoms with Crippen molar-refractivity contribution >= 4 is 6.08 Å². The molecule has 2 aromatic rings. The fourth-order valence-electron chi connectivity index (χ4n) is 2.92. The smallest absolute Gasteiger partial charge is 0.118 e. The molecule has 0 saturated carbocycles. The van der Waals surface area contributed by atoms with Gasteiger partial charge in [0.05, 0.1) is 14.2 Å². The van der Waals surface area contributed by atoms with E-state index in [1.165, 1.54) is 16.7 Å². The normalized spacial score (nSPS) is 16.7. The van der Waals surface area contributed by atoms with Gasteiger partial charge >= 0.3 is 0 Å². The molecule has 1 saturated heterocycles. The van der Waals surface area contributed by atoms with Gasteiger partial charge in [-0.05, 0) is 41.8 Å². The van der Waals surface area contributed by atoms with Crippen LogP contribution in [0.3, 0.4) is 0 Å². The minimum absolute atomic E-state index is 0.903. The van der Waals surface area contributed by atoms with Crippen LogP contribution in [0, 0.1) is 0 Å². The number of likely N-dealkylation sites (tertiary alicyclic amines) is 1. The molecular weight excluding hydrogens is 286 g/mol. The van der Waals surface area contributed by atoms with E-state index < -0.39 is 0 Å². The predicted octanol–water partition coefficient (Wildman–Crippen LogP) is 3.99. The molecule has 0 spiro atoms. The minimum atomic E-state index is 0.903. The first-order chi connectivity index (χ1) is 11.3. The number of hydrogen-bond acceptors (Lipinski definition) is 3. The van der Waals surface area contributed by atoms with E-state index in [2.05, 4.69) is 35.2 Å². The van der Waals surface area contributed by atoms with Crippen LogP contribution in [0.25, 0.3) is 6.08 Å². The average molecular weight is 309 g/mol. The molecule has 23 heavy (non-hydrogen) atoms. The van der Waals surface area contributed by atoms with Gasteiger partial charge in [0.1, 0.15) is 11.5 Å². The van der Waals surface area contributed by atoms with Gasteiger partial charge in [0, 0.05) is 19.6 Å². The van der Waals surface area contributed by atoms with Crippen molar-refractivity contribution in [2.24, 2.45) is 0 Å². The molecule has 0 atom stereocenters. The Hall–Kier alpha value is -2.26. The van der Waals surface area contributed by atoms with Crippen molar-refractivity contribution in [1.82, 2.24) is 4.90 Å². The molecule has 0 bridgehead atoms. The van der Waals surface area contributed by atoms with Gasteiger partial charge in [-0.25, -0.2) is 0 Å². The maximum absolute atomic E-state index is 5.21. The number of methoxy groups -OCH3 is 2. The number of hydrogen-bond donors (Lipinski definition) is 0. The maximum Gasteiger partial charge on any atom is 0.118 e. The van der Waals surface area contributed by atoms with E-state index in [1.807, 2.05) is 24.3 Å². The molecule has 0 radical (unpaired) electrons. The molecule has 1 fully saturated rings. The monoisotopic (exact) mass is 309 g/mol. The molecule has 0 unspecified atom stereocenters. The fraction of sp³-hybridized carbons (Fsp3) is 0.300. The summed E-state index contributed by atoms with van der Waals surface area (Å²) in [5.74, 6) is 1.81. The fourth-order valence-corrected chi connectivity index (χ4v) is 2.92. The van der Waals surface area contributed by atoms with Gasteiger partial charge in [0.25, 0.3) is 0 Å². The van der Waals surface area contributed by atoms with Crippen LogP contribution in [0.4, 0.5) is 0 Å². The highest BCUT2D eigenvalue weighted by Gasteiger charge is 2.16. The minimum Gasteiger partial charge on any atom is -0.497 e. The Balaban J connectivity index is 1.59. The molecule has 1 aliphatic heterocycles. The summed E-state index contributed by atoms with van der Waals surface area (Å²) >= 11 is 0. The summed E-state index contributed by atoms with van der Waals surface area (Å²) < 4.78 is 10.4. The van der Waals surface area contributed by atoms with Crippen molar-refractivity contribution < 1.29 is 9.47 Å². The Morgan fingerprint density at radius 1 is 0.913 bits per heavy atom. The van der Waals surface area contributed by atoms with Crippen LogP contribution in [0.1, 0.15) is 17.5 Å². The molecular formula is C20H23NO2. The van der Waals surface area contributed by atoms with E-state index in [1.54, 1.807) is 14.2 Å². The summed E-state index contributed by atoms with van der Waals surface area (Å²) in [7, 11) is 3.40. The van der Waals surface area contributed by atoms with Crippen LogP contribution in [-0.4, -0.2) is 32.2 Å². The molecule has 0 aromatic heterocycles. The number of nitrogens with zero attached hydrogens (tertiary/aromatic N) is 1. The Morgan fingerprint density at radius 3 is 2.13 bits per heavy atom. The largest absolute Gasteiger partial charge is 0.497 e. The average Bonchev–Trinajstić information content (AvgIpc) is 3.03. The summed E-state index contributed by atoms with van der Waals surface area (Å²) in [6.45, 7) is 3.15. The Morgan fingerprint density at radius 2 is 1.52 bits per heavy atom. The van der Waals surface area contributed by atoms with Crippen LogP contribution in [0.2, 0.25) is 0 Å². The first-order valence-corrected chi connectivity index (χ1v) is 7.95. The molecule has 2 aromatic carbocycles. The second-order valence-electron chi connectivity index (χ2n) is 5.88. The number of rotatable bonds is 5. The second-order valence-corrected chi connectivity index (χ2v) is 5.88. The van der Waals surface area contributed by atoms with Crippen LogP contribution in [-0.2, 0) is 6.54 Å². The quantitative estimate of drug-likeness (QED) is 0.833. The van der Waals surface area contributed by atoms with Gasteiger partial charge in [0.15, 0.2) is 0 Å². The van der Waals surface area contributed by atoms with Crippen molar-refractivity contribution in [3.8, 4) is 11.5 Å². The van der Waals surface area contributed by atoms with Crippen molar-refractivity contribution in [2.45, 2.75) is 13.0 Å². The van der Waals surface area contributed by atoms with Gasteiger partial charge in [-0.15, -0.1) is 0 Å². The second kappa shape index (κ2) is 7.34. The summed E-state index contributed by atoms with van der Waals surface area (Å²) in [5.41, 5.74) is 4.06. The summed E-state index contributed by atoms with van der Waals surface area (Å²) in [5, 5.41) is 0. The van der Waals surface area contributed by atoms with Crippen LogP contribution >= 0.6 is 0 Å². The number of ether oxygens (including phenoxy) is 2.